The van der Waals surface area contributed by atoms with Crippen LogP contribution in [0.25, 0.3) is 21.8 Å². The summed E-state index contributed by atoms with van der Waals surface area (Å²) < 4.78 is 5.43. The van der Waals surface area contributed by atoms with E-state index < -0.39 is 0 Å². The van der Waals surface area contributed by atoms with Gasteiger partial charge in [0.2, 0.25) is 0 Å². The zero-order chi connectivity index (χ0) is 18.3. The standard InChI is InChI=1S/C21H24ClN3O/c1-25(11-13-3-4-13)12-18(23)21-16-7-5-14(22)9-20(16)24-19-8-6-15(26-2)10-17(19)21/h5-10,13,18H,3-4,11-12,23H2,1-2H3. The Labute approximate surface area is 158 Å². The lowest BCUT2D eigenvalue weighted by Crippen LogP contribution is -2.31. The van der Waals surface area contributed by atoms with Gasteiger partial charge in [-0.1, -0.05) is 17.7 Å². The SMILES string of the molecule is COc1ccc2nc3cc(Cl)ccc3c(C(N)CN(C)CC3CC3)c2c1. The Morgan fingerprint density at radius 3 is 2.73 bits per heavy atom. The van der Waals surface area contributed by atoms with Crippen LogP contribution in [0.15, 0.2) is 36.4 Å². The topological polar surface area (TPSA) is 51.4 Å². The summed E-state index contributed by atoms with van der Waals surface area (Å²) in [7, 11) is 3.83. The molecule has 0 bridgehead atoms. The van der Waals surface area contributed by atoms with Crippen molar-refractivity contribution in [1.29, 1.82) is 0 Å². The Morgan fingerprint density at radius 2 is 2.00 bits per heavy atom. The van der Waals surface area contributed by atoms with Crippen LogP contribution in [-0.2, 0) is 0 Å². The van der Waals surface area contributed by atoms with Gasteiger partial charge in [0, 0.05) is 34.9 Å². The van der Waals surface area contributed by atoms with Crippen molar-refractivity contribution in [3.05, 3.63) is 47.0 Å². The van der Waals surface area contributed by atoms with Gasteiger partial charge in [0.05, 0.1) is 18.1 Å². The van der Waals surface area contributed by atoms with Crippen molar-refractivity contribution in [1.82, 2.24) is 9.88 Å². The summed E-state index contributed by atoms with van der Waals surface area (Å²) in [6, 6.07) is 11.7. The smallest absolute Gasteiger partial charge is 0.119 e. The maximum absolute atomic E-state index is 6.71. The number of fused-ring (bicyclic) bond motifs is 2. The number of likely N-dealkylation sites (N-methyl/N-ethyl adjacent to an activating group) is 1. The Bertz CT molecular complexity index is 955. The summed E-state index contributed by atoms with van der Waals surface area (Å²) >= 11 is 6.20. The lowest BCUT2D eigenvalue weighted by molar-refractivity contribution is 0.301. The van der Waals surface area contributed by atoms with Gasteiger partial charge in [-0.05, 0) is 61.7 Å². The molecule has 4 nitrogen and oxygen atoms in total. The average Bonchev–Trinajstić information content (AvgIpc) is 3.42. The number of halogens is 1. The first-order valence-electron chi connectivity index (χ1n) is 9.06. The van der Waals surface area contributed by atoms with Crippen LogP contribution in [0, 0.1) is 5.92 Å². The number of benzene rings is 2. The zero-order valence-corrected chi connectivity index (χ0v) is 16.0. The minimum Gasteiger partial charge on any atom is -0.497 e. The molecule has 0 spiro atoms. The molecule has 4 rings (SSSR count). The number of nitrogens with zero attached hydrogens (tertiary/aromatic N) is 2. The number of hydrogen-bond donors (Lipinski definition) is 1. The fourth-order valence-electron chi connectivity index (χ4n) is 3.70. The fourth-order valence-corrected chi connectivity index (χ4v) is 3.86. The average molecular weight is 370 g/mol. The molecular formula is C21H24ClN3O. The summed E-state index contributed by atoms with van der Waals surface area (Å²) in [6.07, 6.45) is 2.69. The van der Waals surface area contributed by atoms with Gasteiger partial charge in [-0.3, -0.25) is 0 Å². The summed E-state index contributed by atoms with van der Waals surface area (Å²) in [5.41, 5.74) is 9.62. The first-order chi connectivity index (χ1) is 12.5. The van der Waals surface area contributed by atoms with E-state index in [9.17, 15) is 0 Å². The number of rotatable bonds is 6. The molecule has 1 saturated carbocycles. The molecule has 0 aliphatic heterocycles. The van der Waals surface area contributed by atoms with E-state index in [1.165, 1.54) is 12.8 Å². The first-order valence-corrected chi connectivity index (χ1v) is 9.44. The minimum atomic E-state index is -0.111. The van der Waals surface area contributed by atoms with E-state index in [0.717, 1.165) is 52.1 Å². The highest BCUT2D eigenvalue weighted by Crippen LogP contribution is 2.34. The van der Waals surface area contributed by atoms with Gasteiger partial charge in [0.25, 0.3) is 0 Å². The zero-order valence-electron chi connectivity index (χ0n) is 15.2. The van der Waals surface area contributed by atoms with Crippen LogP contribution in [-0.4, -0.2) is 37.1 Å². The molecule has 1 aliphatic rings. The van der Waals surface area contributed by atoms with Crippen LogP contribution in [0.5, 0.6) is 5.75 Å². The van der Waals surface area contributed by atoms with Gasteiger partial charge in [-0.2, -0.15) is 0 Å². The highest BCUT2D eigenvalue weighted by atomic mass is 35.5. The predicted octanol–water partition coefficient (Wildman–Crippen LogP) is 4.39. The van der Waals surface area contributed by atoms with Gasteiger partial charge in [0.1, 0.15) is 5.75 Å². The maximum Gasteiger partial charge on any atom is 0.119 e. The van der Waals surface area contributed by atoms with Crippen molar-refractivity contribution in [2.24, 2.45) is 11.7 Å². The van der Waals surface area contributed by atoms with Crippen molar-refractivity contribution >= 4 is 33.4 Å². The van der Waals surface area contributed by atoms with E-state index >= 15 is 0 Å². The lowest BCUT2D eigenvalue weighted by Gasteiger charge is -2.24. The van der Waals surface area contributed by atoms with Crippen molar-refractivity contribution in [2.45, 2.75) is 18.9 Å². The quantitative estimate of drug-likeness (QED) is 0.654. The van der Waals surface area contributed by atoms with E-state index in [4.69, 9.17) is 27.1 Å². The van der Waals surface area contributed by atoms with Crippen LogP contribution in [0.1, 0.15) is 24.4 Å². The third kappa shape index (κ3) is 3.50. The minimum absolute atomic E-state index is 0.111. The van der Waals surface area contributed by atoms with Crippen LogP contribution in [0.2, 0.25) is 5.02 Å². The van der Waals surface area contributed by atoms with E-state index in [2.05, 4.69) is 11.9 Å². The molecule has 5 heteroatoms. The van der Waals surface area contributed by atoms with Crippen LogP contribution >= 0.6 is 11.6 Å². The van der Waals surface area contributed by atoms with E-state index in [1.807, 2.05) is 36.4 Å². The second-order valence-corrected chi connectivity index (χ2v) is 7.78. The van der Waals surface area contributed by atoms with Crippen LogP contribution < -0.4 is 10.5 Å². The molecule has 136 valence electrons. The highest BCUT2D eigenvalue weighted by Gasteiger charge is 2.24. The van der Waals surface area contributed by atoms with E-state index in [1.54, 1.807) is 7.11 Å². The van der Waals surface area contributed by atoms with Gasteiger partial charge in [0.15, 0.2) is 0 Å². The fraction of sp³-hybridized carbons (Fsp3) is 0.381. The molecule has 1 atom stereocenters. The van der Waals surface area contributed by atoms with Gasteiger partial charge in [-0.15, -0.1) is 0 Å². The first kappa shape index (κ1) is 17.5. The number of methoxy groups -OCH3 is 1. The molecule has 0 radical (unpaired) electrons. The number of hydrogen-bond acceptors (Lipinski definition) is 4. The normalized spacial score (nSPS) is 15.7. The molecule has 1 aromatic heterocycles. The lowest BCUT2D eigenvalue weighted by atomic mass is 9.96. The van der Waals surface area contributed by atoms with Gasteiger partial charge in [-0.25, -0.2) is 4.98 Å². The molecule has 3 aromatic rings. The van der Waals surface area contributed by atoms with Crippen molar-refractivity contribution in [2.75, 3.05) is 27.2 Å². The molecule has 26 heavy (non-hydrogen) atoms. The number of ether oxygens (including phenoxy) is 1. The van der Waals surface area contributed by atoms with Crippen molar-refractivity contribution < 1.29 is 4.74 Å². The largest absolute Gasteiger partial charge is 0.497 e. The molecule has 1 fully saturated rings. The molecule has 1 heterocycles. The van der Waals surface area contributed by atoms with Gasteiger partial charge >= 0.3 is 0 Å². The summed E-state index contributed by atoms with van der Waals surface area (Å²) in [5, 5.41) is 2.79. The van der Waals surface area contributed by atoms with Crippen LogP contribution in [0.3, 0.4) is 0 Å². The highest BCUT2D eigenvalue weighted by molar-refractivity contribution is 6.31. The monoisotopic (exact) mass is 369 g/mol. The Morgan fingerprint density at radius 1 is 1.19 bits per heavy atom. The van der Waals surface area contributed by atoms with E-state index in [-0.39, 0.29) is 6.04 Å². The third-order valence-corrected chi connectivity index (χ3v) is 5.37. The number of nitrogens with two attached hydrogens (primary N) is 1. The second-order valence-electron chi connectivity index (χ2n) is 7.34. The molecule has 0 saturated heterocycles. The molecule has 1 unspecified atom stereocenters. The third-order valence-electron chi connectivity index (χ3n) is 5.13. The van der Waals surface area contributed by atoms with Crippen LogP contribution in [0.4, 0.5) is 0 Å². The molecule has 2 N–H and O–H groups in total. The predicted molar refractivity (Wildman–Crippen MR) is 108 cm³/mol. The Kier molecular flexibility index (Phi) is 4.74. The van der Waals surface area contributed by atoms with Crippen molar-refractivity contribution in [3.63, 3.8) is 0 Å². The van der Waals surface area contributed by atoms with Crippen molar-refractivity contribution in [3.8, 4) is 5.75 Å². The molecule has 2 aromatic carbocycles. The number of pyridine rings is 1. The molecular weight excluding hydrogens is 346 g/mol. The summed E-state index contributed by atoms with van der Waals surface area (Å²) in [4.78, 5) is 7.13. The summed E-state index contributed by atoms with van der Waals surface area (Å²) in [6.45, 7) is 1.92. The molecule has 0 amide bonds. The second kappa shape index (κ2) is 7.03. The Hall–Kier alpha value is -1.88. The maximum atomic E-state index is 6.71. The summed E-state index contributed by atoms with van der Waals surface area (Å²) in [5.74, 6) is 1.66. The van der Waals surface area contributed by atoms with Gasteiger partial charge < -0.3 is 15.4 Å². The Balaban J connectivity index is 1.83. The van der Waals surface area contributed by atoms with E-state index in [0.29, 0.717) is 5.02 Å². The number of aromatic nitrogens is 1. The molecule has 1 aliphatic carbocycles.